The third-order valence-corrected chi connectivity index (χ3v) is 2.82. The Kier molecular flexibility index (Phi) is 2.64. The lowest BCUT2D eigenvalue weighted by atomic mass is 10.1. The minimum Gasteiger partial charge on any atom is -0.446 e. The van der Waals surface area contributed by atoms with E-state index in [4.69, 9.17) is 9.25 Å². The number of rotatable bonds is 3. The maximum atomic E-state index is 12.0. The molecule has 1 atom stereocenters. The van der Waals surface area contributed by atoms with Crippen LogP contribution in [0.5, 0.6) is 0 Å². The average Bonchev–Trinajstić information content (AvgIpc) is 3.03. The number of carbonyl (C=O) groups is 2. The number of imide groups is 1. The Bertz CT molecular complexity index is 601. The molecule has 0 saturated carbocycles. The van der Waals surface area contributed by atoms with Crippen molar-refractivity contribution in [3.8, 4) is 0 Å². The van der Waals surface area contributed by atoms with E-state index in [1.54, 1.807) is 31.2 Å². The summed E-state index contributed by atoms with van der Waals surface area (Å²) in [5.41, 5.74) is 0.680. The highest BCUT2D eigenvalue weighted by atomic mass is 16.7. The van der Waals surface area contributed by atoms with Gasteiger partial charge in [0.15, 0.2) is 6.10 Å². The summed E-state index contributed by atoms with van der Waals surface area (Å²) in [6.07, 6.45) is 2.24. The largest absolute Gasteiger partial charge is 0.446 e. The quantitative estimate of drug-likeness (QED) is 0.787. The van der Waals surface area contributed by atoms with Crippen LogP contribution in [0.3, 0.4) is 0 Å². The van der Waals surface area contributed by atoms with Crippen molar-refractivity contribution in [3.63, 3.8) is 0 Å². The molecule has 2 heterocycles. The number of carbonyl (C=O) groups excluding carboxylic acids is 2. The summed E-state index contributed by atoms with van der Waals surface area (Å²) in [7, 11) is 0. The molecular formula is C13H10N2O4. The monoisotopic (exact) mass is 258 g/mol. The van der Waals surface area contributed by atoms with Gasteiger partial charge in [-0.1, -0.05) is 12.1 Å². The minimum atomic E-state index is -0.628. The molecule has 0 fully saturated rings. The Morgan fingerprint density at radius 2 is 1.84 bits per heavy atom. The summed E-state index contributed by atoms with van der Waals surface area (Å²) in [4.78, 5) is 33.3. The van der Waals surface area contributed by atoms with Crippen LogP contribution in [0.4, 0.5) is 0 Å². The van der Waals surface area contributed by atoms with Gasteiger partial charge >= 0.3 is 0 Å². The zero-order valence-corrected chi connectivity index (χ0v) is 10.1. The maximum absolute atomic E-state index is 12.0. The second-order valence-corrected chi connectivity index (χ2v) is 4.07. The first-order valence-corrected chi connectivity index (χ1v) is 5.72. The molecule has 2 amide bonds. The van der Waals surface area contributed by atoms with Crippen LogP contribution < -0.4 is 0 Å². The molecule has 0 bridgehead atoms. The van der Waals surface area contributed by atoms with Crippen LogP contribution in [0.1, 0.15) is 39.6 Å². The van der Waals surface area contributed by atoms with Gasteiger partial charge in [0.2, 0.25) is 5.89 Å². The molecule has 1 aromatic carbocycles. The van der Waals surface area contributed by atoms with Gasteiger partial charge in [-0.15, -0.1) is 5.06 Å². The van der Waals surface area contributed by atoms with Gasteiger partial charge in [0, 0.05) is 0 Å². The van der Waals surface area contributed by atoms with Gasteiger partial charge in [-0.25, -0.2) is 9.82 Å². The van der Waals surface area contributed by atoms with Crippen LogP contribution in [0.2, 0.25) is 0 Å². The SMILES string of the molecule is CC(ON1C(=O)c2ccccc2C1=O)c1ncco1. The normalized spacial score (nSPS) is 15.7. The van der Waals surface area contributed by atoms with Crippen molar-refractivity contribution in [1.82, 2.24) is 10.0 Å². The van der Waals surface area contributed by atoms with Crippen molar-refractivity contribution in [2.24, 2.45) is 0 Å². The lowest BCUT2D eigenvalue weighted by Crippen LogP contribution is -2.31. The number of benzene rings is 1. The first-order valence-electron chi connectivity index (χ1n) is 5.72. The first kappa shape index (κ1) is 11.6. The van der Waals surface area contributed by atoms with E-state index in [1.165, 1.54) is 12.5 Å². The predicted octanol–water partition coefficient (Wildman–Crippen LogP) is 1.96. The Balaban J connectivity index is 1.85. The Morgan fingerprint density at radius 1 is 1.21 bits per heavy atom. The van der Waals surface area contributed by atoms with E-state index < -0.39 is 17.9 Å². The van der Waals surface area contributed by atoms with E-state index in [9.17, 15) is 9.59 Å². The molecule has 0 saturated heterocycles. The van der Waals surface area contributed by atoms with Gasteiger partial charge in [0.1, 0.15) is 6.26 Å². The Morgan fingerprint density at radius 3 is 2.37 bits per heavy atom. The molecule has 6 heteroatoms. The van der Waals surface area contributed by atoms with Gasteiger partial charge in [-0.05, 0) is 19.1 Å². The molecule has 0 radical (unpaired) electrons. The van der Waals surface area contributed by atoms with E-state index in [0.717, 1.165) is 5.06 Å². The van der Waals surface area contributed by atoms with Crippen molar-refractivity contribution < 1.29 is 18.8 Å². The van der Waals surface area contributed by atoms with Crippen molar-refractivity contribution in [1.29, 1.82) is 0 Å². The molecule has 19 heavy (non-hydrogen) atoms. The van der Waals surface area contributed by atoms with Crippen molar-refractivity contribution in [2.45, 2.75) is 13.0 Å². The fourth-order valence-corrected chi connectivity index (χ4v) is 1.90. The van der Waals surface area contributed by atoms with Crippen molar-refractivity contribution >= 4 is 11.8 Å². The number of fused-ring (bicyclic) bond motifs is 1. The topological polar surface area (TPSA) is 72.6 Å². The lowest BCUT2D eigenvalue weighted by molar-refractivity contribution is -0.135. The van der Waals surface area contributed by atoms with Gasteiger partial charge in [0.05, 0.1) is 17.3 Å². The van der Waals surface area contributed by atoms with E-state index in [2.05, 4.69) is 4.98 Å². The molecule has 1 aliphatic heterocycles. The maximum Gasteiger partial charge on any atom is 0.285 e. The van der Waals surface area contributed by atoms with Gasteiger partial charge in [0.25, 0.3) is 11.8 Å². The van der Waals surface area contributed by atoms with E-state index in [0.29, 0.717) is 17.0 Å². The van der Waals surface area contributed by atoms with Crippen LogP contribution in [0, 0.1) is 0 Å². The first-order chi connectivity index (χ1) is 9.18. The van der Waals surface area contributed by atoms with Crippen molar-refractivity contribution in [3.05, 3.63) is 53.7 Å². The predicted molar refractivity (Wildman–Crippen MR) is 62.9 cm³/mol. The number of aromatic nitrogens is 1. The number of hydrogen-bond acceptors (Lipinski definition) is 5. The van der Waals surface area contributed by atoms with Crippen LogP contribution in [-0.4, -0.2) is 21.9 Å². The average molecular weight is 258 g/mol. The van der Waals surface area contributed by atoms with Crippen LogP contribution >= 0.6 is 0 Å². The van der Waals surface area contributed by atoms with Crippen LogP contribution in [-0.2, 0) is 4.84 Å². The molecule has 0 aliphatic carbocycles. The molecule has 0 spiro atoms. The van der Waals surface area contributed by atoms with Crippen LogP contribution in [0.25, 0.3) is 0 Å². The number of hydrogen-bond donors (Lipinski definition) is 0. The molecule has 1 aliphatic rings. The summed E-state index contributed by atoms with van der Waals surface area (Å²) in [6.45, 7) is 1.65. The summed E-state index contributed by atoms with van der Waals surface area (Å²) >= 11 is 0. The molecule has 2 aromatic rings. The third kappa shape index (κ3) is 1.82. The Labute approximate surface area is 108 Å². The minimum absolute atomic E-state index is 0.302. The fraction of sp³-hybridized carbons (Fsp3) is 0.154. The molecule has 96 valence electrons. The summed E-state index contributed by atoms with van der Waals surface area (Å²) < 4.78 is 5.07. The molecule has 3 rings (SSSR count). The molecule has 0 N–H and O–H groups in total. The Hall–Kier alpha value is -2.47. The standard InChI is InChI=1S/C13H10N2O4/c1-8(11-14-6-7-18-11)19-15-12(16)9-4-2-3-5-10(9)13(15)17/h2-8H,1H3. The summed E-state index contributed by atoms with van der Waals surface area (Å²) in [5, 5.41) is 0.750. The number of hydroxylamine groups is 2. The second-order valence-electron chi connectivity index (χ2n) is 4.07. The highest BCUT2D eigenvalue weighted by Crippen LogP contribution is 2.26. The smallest absolute Gasteiger partial charge is 0.285 e. The van der Waals surface area contributed by atoms with E-state index >= 15 is 0 Å². The van der Waals surface area contributed by atoms with Crippen molar-refractivity contribution in [2.75, 3.05) is 0 Å². The highest BCUT2D eigenvalue weighted by Gasteiger charge is 2.38. The number of amides is 2. The summed E-state index contributed by atoms with van der Waals surface area (Å²) in [6, 6.07) is 6.58. The molecule has 1 aromatic heterocycles. The van der Waals surface area contributed by atoms with Gasteiger partial charge < -0.3 is 4.42 Å². The molecular weight excluding hydrogens is 248 g/mol. The van der Waals surface area contributed by atoms with E-state index in [-0.39, 0.29) is 0 Å². The second kappa shape index (κ2) is 4.33. The number of oxazole rings is 1. The van der Waals surface area contributed by atoms with Gasteiger partial charge in [-0.2, -0.15) is 0 Å². The molecule has 6 nitrogen and oxygen atoms in total. The number of nitrogens with zero attached hydrogens (tertiary/aromatic N) is 2. The highest BCUT2D eigenvalue weighted by molar-refractivity contribution is 6.20. The fourth-order valence-electron chi connectivity index (χ4n) is 1.90. The van der Waals surface area contributed by atoms with Gasteiger partial charge in [-0.3, -0.25) is 9.59 Å². The molecule has 1 unspecified atom stereocenters. The zero-order valence-electron chi connectivity index (χ0n) is 10.1. The third-order valence-electron chi connectivity index (χ3n) is 2.82. The van der Waals surface area contributed by atoms with Crippen LogP contribution in [0.15, 0.2) is 41.1 Å². The summed E-state index contributed by atoms with van der Waals surface area (Å²) in [5.74, 6) is -0.644. The lowest BCUT2D eigenvalue weighted by Gasteiger charge is -2.16. The zero-order chi connectivity index (χ0) is 13.4. The van der Waals surface area contributed by atoms with E-state index in [1.807, 2.05) is 0 Å².